The van der Waals surface area contributed by atoms with Crippen molar-refractivity contribution in [2.45, 2.75) is 13.5 Å². The van der Waals surface area contributed by atoms with Crippen LogP contribution in [0.4, 0.5) is 5.69 Å². The molecule has 0 bridgehead atoms. The van der Waals surface area contributed by atoms with Gasteiger partial charge in [0.15, 0.2) is 0 Å². The molecule has 0 aliphatic carbocycles. The summed E-state index contributed by atoms with van der Waals surface area (Å²) >= 11 is 0. The highest BCUT2D eigenvalue weighted by Gasteiger charge is 2.05. The van der Waals surface area contributed by atoms with E-state index in [4.69, 9.17) is 0 Å². The molecule has 1 amide bonds. The van der Waals surface area contributed by atoms with Crippen LogP contribution in [0.25, 0.3) is 11.4 Å². The number of carbonyl (C=O) groups is 1. The van der Waals surface area contributed by atoms with Gasteiger partial charge in [0.05, 0.1) is 0 Å². The molecule has 0 fully saturated rings. The van der Waals surface area contributed by atoms with Crippen molar-refractivity contribution in [1.29, 1.82) is 0 Å². The summed E-state index contributed by atoms with van der Waals surface area (Å²) in [6.45, 7) is 3.27. The maximum absolute atomic E-state index is 11.0. The Labute approximate surface area is 112 Å². The number of likely N-dealkylation sites (N-methyl/N-ethyl adjacent to an activating group) is 1. The van der Waals surface area contributed by atoms with Crippen molar-refractivity contribution < 1.29 is 4.79 Å². The second kappa shape index (κ2) is 6.15. The zero-order chi connectivity index (χ0) is 13.7. The molecule has 1 aromatic heterocycles. The van der Waals surface area contributed by atoms with Crippen LogP contribution in [-0.4, -0.2) is 29.1 Å². The Morgan fingerprint density at radius 1 is 1.32 bits per heavy atom. The highest BCUT2D eigenvalue weighted by molar-refractivity contribution is 5.88. The number of nitrogens with one attached hydrogen (secondary N) is 2. The minimum atomic E-state index is -0.0664. The predicted molar refractivity (Wildman–Crippen MR) is 75.9 cm³/mol. The molecule has 2 N–H and O–H groups in total. The van der Waals surface area contributed by atoms with Crippen LogP contribution in [0.2, 0.25) is 0 Å². The van der Waals surface area contributed by atoms with Gasteiger partial charge < -0.3 is 15.2 Å². The number of nitrogens with zero attached hydrogens (tertiary/aromatic N) is 2. The molecule has 1 heterocycles. The number of imidazole rings is 1. The molecule has 0 aliphatic heterocycles. The van der Waals surface area contributed by atoms with Gasteiger partial charge in [-0.15, -0.1) is 0 Å². The third kappa shape index (κ3) is 3.42. The van der Waals surface area contributed by atoms with Crippen LogP contribution in [-0.2, 0) is 11.3 Å². The Balaban J connectivity index is 2.17. The van der Waals surface area contributed by atoms with E-state index in [-0.39, 0.29) is 5.91 Å². The fourth-order valence-corrected chi connectivity index (χ4v) is 1.89. The van der Waals surface area contributed by atoms with Crippen molar-refractivity contribution in [2.24, 2.45) is 0 Å². The van der Waals surface area contributed by atoms with Crippen LogP contribution in [0, 0.1) is 0 Å². The lowest BCUT2D eigenvalue weighted by Crippen LogP contribution is -2.15. The van der Waals surface area contributed by atoms with Crippen LogP contribution in [0.1, 0.15) is 6.92 Å². The maximum atomic E-state index is 11.0. The molecule has 0 saturated carbocycles. The molecule has 2 rings (SSSR count). The Kier molecular flexibility index (Phi) is 4.30. The summed E-state index contributed by atoms with van der Waals surface area (Å²) in [5.41, 5.74) is 1.83. The summed E-state index contributed by atoms with van der Waals surface area (Å²) in [4.78, 5) is 15.3. The van der Waals surface area contributed by atoms with E-state index in [9.17, 15) is 4.79 Å². The molecule has 0 radical (unpaired) electrons. The number of carbonyl (C=O) groups excluding carboxylic acids is 1. The highest BCUT2D eigenvalue weighted by atomic mass is 16.1. The second-order valence-electron chi connectivity index (χ2n) is 4.31. The van der Waals surface area contributed by atoms with E-state index in [1.807, 2.05) is 37.5 Å². The monoisotopic (exact) mass is 258 g/mol. The first kappa shape index (κ1) is 13.3. The average Bonchev–Trinajstić information content (AvgIpc) is 2.85. The highest BCUT2D eigenvalue weighted by Crippen LogP contribution is 2.19. The van der Waals surface area contributed by atoms with E-state index in [0.717, 1.165) is 30.2 Å². The third-order valence-electron chi connectivity index (χ3n) is 2.78. The molecule has 0 atom stereocenters. The third-order valence-corrected chi connectivity index (χ3v) is 2.78. The van der Waals surface area contributed by atoms with E-state index in [2.05, 4.69) is 20.2 Å². The van der Waals surface area contributed by atoms with Crippen LogP contribution in [0.5, 0.6) is 0 Å². The van der Waals surface area contributed by atoms with Crippen LogP contribution >= 0.6 is 0 Å². The number of benzene rings is 1. The standard InChI is InChI=1S/C14H18N4O/c1-11(19)17-13-5-3-12(4-6-13)14-16-8-10-18(14)9-7-15-2/h3-6,8,10,15H,7,9H2,1-2H3,(H,17,19). The lowest BCUT2D eigenvalue weighted by atomic mass is 10.2. The van der Waals surface area contributed by atoms with Gasteiger partial charge in [0, 0.05) is 43.7 Å². The average molecular weight is 258 g/mol. The SMILES string of the molecule is CNCCn1ccnc1-c1ccc(NC(C)=O)cc1. The van der Waals surface area contributed by atoms with Crippen molar-refractivity contribution in [3.8, 4) is 11.4 Å². The number of aromatic nitrogens is 2. The van der Waals surface area contributed by atoms with Gasteiger partial charge in [0.25, 0.3) is 0 Å². The fourth-order valence-electron chi connectivity index (χ4n) is 1.89. The van der Waals surface area contributed by atoms with Crippen molar-refractivity contribution in [2.75, 3.05) is 18.9 Å². The number of hydrogen-bond donors (Lipinski definition) is 2. The lowest BCUT2D eigenvalue weighted by molar-refractivity contribution is -0.114. The second-order valence-corrected chi connectivity index (χ2v) is 4.31. The first-order valence-corrected chi connectivity index (χ1v) is 6.24. The lowest BCUT2D eigenvalue weighted by Gasteiger charge is -2.08. The van der Waals surface area contributed by atoms with Crippen molar-refractivity contribution in [1.82, 2.24) is 14.9 Å². The minimum absolute atomic E-state index is 0.0664. The van der Waals surface area contributed by atoms with E-state index in [1.54, 1.807) is 6.20 Å². The predicted octanol–water partition coefficient (Wildman–Crippen LogP) is 1.73. The molecule has 5 heteroatoms. The molecule has 5 nitrogen and oxygen atoms in total. The van der Waals surface area contributed by atoms with Crippen LogP contribution < -0.4 is 10.6 Å². The largest absolute Gasteiger partial charge is 0.330 e. The smallest absolute Gasteiger partial charge is 0.221 e. The van der Waals surface area contributed by atoms with Crippen LogP contribution in [0.15, 0.2) is 36.7 Å². The van der Waals surface area contributed by atoms with Gasteiger partial charge in [-0.2, -0.15) is 0 Å². The van der Waals surface area contributed by atoms with Gasteiger partial charge in [-0.3, -0.25) is 4.79 Å². The molecular weight excluding hydrogens is 240 g/mol. The summed E-state index contributed by atoms with van der Waals surface area (Å²) in [6, 6.07) is 7.69. The fraction of sp³-hybridized carbons (Fsp3) is 0.286. The Bertz CT molecular complexity index is 545. The van der Waals surface area contributed by atoms with E-state index in [0.29, 0.717) is 0 Å². The van der Waals surface area contributed by atoms with Crippen molar-refractivity contribution in [3.63, 3.8) is 0 Å². The molecule has 100 valence electrons. The molecule has 2 aromatic rings. The van der Waals surface area contributed by atoms with Gasteiger partial charge in [0.2, 0.25) is 5.91 Å². The summed E-state index contributed by atoms with van der Waals surface area (Å²) < 4.78 is 2.10. The molecule has 0 aliphatic rings. The first-order chi connectivity index (χ1) is 9.20. The first-order valence-electron chi connectivity index (χ1n) is 6.24. The molecule has 0 saturated heterocycles. The topological polar surface area (TPSA) is 59.0 Å². The van der Waals surface area contributed by atoms with E-state index < -0.39 is 0 Å². The Morgan fingerprint density at radius 3 is 2.68 bits per heavy atom. The Morgan fingerprint density at radius 2 is 2.05 bits per heavy atom. The molecule has 19 heavy (non-hydrogen) atoms. The van der Waals surface area contributed by atoms with E-state index >= 15 is 0 Å². The summed E-state index contributed by atoms with van der Waals surface area (Å²) in [7, 11) is 1.93. The van der Waals surface area contributed by atoms with Gasteiger partial charge in [0.1, 0.15) is 5.82 Å². The molecule has 1 aromatic carbocycles. The number of amides is 1. The summed E-state index contributed by atoms with van der Waals surface area (Å²) in [6.07, 6.45) is 3.77. The molecular formula is C14H18N4O. The quantitative estimate of drug-likeness (QED) is 0.858. The number of anilines is 1. The van der Waals surface area contributed by atoms with Gasteiger partial charge in [-0.05, 0) is 31.3 Å². The zero-order valence-corrected chi connectivity index (χ0v) is 11.2. The summed E-state index contributed by atoms with van der Waals surface area (Å²) in [5.74, 6) is 0.868. The molecule has 0 unspecified atom stereocenters. The minimum Gasteiger partial charge on any atom is -0.330 e. The number of hydrogen-bond acceptors (Lipinski definition) is 3. The van der Waals surface area contributed by atoms with E-state index in [1.165, 1.54) is 6.92 Å². The van der Waals surface area contributed by atoms with Crippen LogP contribution in [0.3, 0.4) is 0 Å². The number of rotatable bonds is 5. The van der Waals surface area contributed by atoms with Crippen molar-refractivity contribution >= 4 is 11.6 Å². The molecule has 0 spiro atoms. The Hall–Kier alpha value is -2.14. The zero-order valence-electron chi connectivity index (χ0n) is 11.2. The summed E-state index contributed by atoms with van der Waals surface area (Å²) in [5, 5.41) is 5.87. The van der Waals surface area contributed by atoms with Gasteiger partial charge in [-0.1, -0.05) is 0 Å². The normalized spacial score (nSPS) is 10.4. The van der Waals surface area contributed by atoms with Crippen molar-refractivity contribution in [3.05, 3.63) is 36.7 Å². The van der Waals surface area contributed by atoms with Gasteiger partial charge >= 0.3 is 0 Å². The van der Waals surface area contributed by atoms with Gasteiger partial charge in [-0.25, -0.2) is 4.98 Å². The maximum Gasteiger partial charge on any atom is 0.221 e.